The summed E-state index contributed by atoms with van der Waals surface area (Å²) in [7, 11) is -0.944. The van der Waals surface area contributed by atoms with Crippen molar-refractivity contribution in [2.75, 3.05) is 6.26 Å². The lowest BCUT2D eigenvalue weighted by Crippen LogP contribution is -2.36. The molecule has 0 radical (unpaired) electrons. The maximum atomic E-state index is 11.3. The van der Waals surface area contributed by atoms with Gasteiger partial charge in [-0.2, -0.15) is 0 Å². The number of aliphatic hydroxyl groups is 1. The molecular weight excluding hydrogens is 220 g/mol. The van der Waals surface area contributed by atoms with Crippen molar-refractivity contribution in [3.05, 3.63) is 29.8 Å². The van der Waals surface area contributed by atoms with Gasteiger partial charge in [-0.25, -0.2) is 0 Å². The summed E-state index contributed by atoms with van der Waals surface area (Å²) in [5.41, 5.74) is 0.206. The first-order valence-electron chi connectivity index (χ1n) is 5.68. The Morgan fingerprint density at radius 2 is 1.88 bits per heavy atom. The molecule has 1 N–H and O–H groups in total. The van der Waals surface area contributed by atoms with Crippen molar-refractivity contribution in [3.8, 4) is 0 Å². The molecule has 1 aliphatic carbocycles. The summed E-state index contributed by atoms with van der Waals surface area (Å²) >= 11 is 0. The van der Waals surface area contributed by atoms with E-state index in [9.17, 15) is 9.32 Å². The van der Waals surface area contributed by atoms with Crippen molar-refractivity contribution in [3.63, 3.8) is 0 Å². The molecular formula is C13H18O2S. The molecule has 1 aromatic rings. The lowest BCUT2D eigenvalue weighted by atomic mass is 9.71. The molecule has 1 aliphatic rings. The van der Waals surface area contributed by atoms with E-state index in [4.69, 9.17) is 0 Å². The predicted molar refractivity (Wildman–Crippen MR) is 65.7 cm³/mol. The molecule has 0 bridgehead atoms. The van der Waals surface area contributed by atoms with Gasteiger partial charge in [0.1, 0.15) is 0 Å². The number of rotatable bonds is 3. The first-order valence-corrected chi connectivity index (χ1v) is 7.24. The summed E-state index contributed by atoms with van der Waals surface area (Å²) < 4.78 is 11.3. The van der Waals surface area contributed by atoms with Crippen LogP contribution in [0.3, 0.4) is 0 Å². The molecule has 0 heterocycles. The van der Waals surface area contributed by atoms with E-state index < -0.39 is 16.4 Å². The molecule has 88 valence electrons. The zero-order valence-corrected chi connectivity index (χ0v) is 10.6. The van der Waals surface area contributed by atoms with Crippen LogP contribution in [0.4, 0.5) is 0 Å². The summed E-state index contributed by atoms with van der Waals surface area (Å²) in [6.07, 6.45) is 5.10. The normalized spacial score (nSPS) is 22.2. The summed E-state index contributed by atoms with van der Waals surface area (Å²) in [5.74, 6) is 0.380. The minimum Gasteiger partial charge on any atom is -0.385 e. The van der Waals surface area contributed by atoms with Gasteiger partial charge < -0.3 is 5.11 Å². The highest BCUT2D eigenvalue weighted by atomic mass is 32.2. The first kappa shape index (κ1) is 11.8. The van der Waals surface area contributed by atoms with Crippen LogP contribution in [0.5, 0.6) is 0 Å². The van der Waals surface area contributed by atoms with E-state index >= 15 is 0 Å². The van der Waals surface area contributed by atoms with E-state index in [-0.39, 0.29) is 0 Å². The zero-order valence-electron chi connectivity index (χ0n) is 9.77. The third kappa shape index (κ3) is 2.06. The highest BCUT2D eigenvalue weighted by Gasteiger charge is 2.37. The number of benzene rings is 1. The summed E-state index contributed by atoms with van der Waals surface area (Å²) in [4.78, 5) is 0.813. The van der Waals surface area contributed by atoms with Crippen LogP contribution >= 0.6 is 0 Å². The second kappa shape index (κ2) is 4.30. The molecule has 0 amide bonds. The van der Waals surface area contributed by atoms with Crippen LogP contribution in [0, 0.1) is 5.92 Å². The Hall–Kier alpha value is -0.670. The molecule has 0 saturated heterocycles. The minimum absolute atomic E-state index is 0.380. The van der Waals surface area contributed by atoms with Gasteiger partial charge in [-0.1, -0.05) is 18.6 Å². The van der Waals surface area contributed by atoms with Crippen LogP contribution < -0.4 is 0 Å². The quantitative estimate of drug-likeness (QED) is 0.878. The second-order valence-electron chi connectivity index (χ2n) is 4.75. The third-order valence-electron chi connectivity index (χ3n) is 3.67. The Morgan fingerprint density at radius 3 is 2.25 bits per heavy atom. The molecule has 1 saturated carbocycles. The summed E-state index contributed by atoms with van der Waals surface area (Å²) in [6, 6.07) is 7.49. The number of hydrogen-bond acceptors (Lipinski definition) is 2. The maximum absolute atomic E-state index is 11.3. The Bertz CT molecular complexity index is 391. The Kier molecular flexibility index (Phi) is 3.17. The minimum atomic E-state index is -0.944. The van der Waals surface area contributed by atoms with E-state index in [1.54, 1.807) is 6.26 Å². The zero-order chi connectivity index (χ0) is 11.8. The topological polar surface area (TPSA) is 37.3 Å². The molecule has 0 aliphatic heterocycles. The largest absolute Gasteiger partial charge is 0.385 e. The molecule has 2 nitrogen and oxygen atoms in total. The standard InChI is InChI=1S/C13H18O2S/c1-13(14,10-4-3-5-10)11-6-8-12(9-7-11)16(2)15/h6-10,14H,3-5H2,1-2H3. The van der Waals surface area contributed by atoms with E-state index in [0.29, 0.717) is 5.92 Å². The maximum Gasteiger partial charge on any atom is 0.0896 e. The van der Waals surface area contributed by atoms with Crippen molar-refractivity contribution in [1.82, 2.24) is 0 Å². The average molecular weight is 238 g/mol. The van der Waals surface area contributed by atoms with Gasteiger partial charge >= 0.3 is 0 Å². The van der Waals surface area contributed by atoms with Crippen LogP contribution in [-0.2, 0) is 16.4 Å². The highest BCUT2D eigenvalue weighted by Crippen LogP contribution is 2.42. The van der Waals surface area contributed by atoms with Gasteiger partial charge in [0.05, 0.1) is 5.60 Å². The monoisotopic (exact) mass is 238 g/mol. The van der Waals surface area contributed by atoms with E-state index in [1.165, 1.54) is 6.42 Å². The fraction of sp³-hybridized carbons (Fsp3) is 0.538. The van der Waals surface area contributed by atoms with Crippen molar-refractivity contribution < 1.29 is 9.32 Å². The lowest BCUT2D eigenvalue weighted by Gasteiger charge is -2.39. The Balaban J connectivity index is 2.23. The molecule has 3 heteroatoms. The van der Waals surface area contributed by atoms with Gasteiger partial charge in [-0.05, 0) is 43.4 Å². The smallest absolute Gasteiger partial charge is 0.0896 e. The average Bonchev–Trinajstić information content (AvgIpc) is 2.14. The van der Waals surface area contributed by atoms with Crippen LogP contribution in [0.15, 0.2) is 29.2 Å². The van der Waals surface area contributed by atoms with Gasteiger partial charge in [0, 0.05) is 22.0 Å². The molecule has 0 aromatic heterocycles. The van der Waals surface area contributed by atoms with E-state index in [1.807, 2.05) is 31.2 Å². The second-order valence-corrected chi connectivity index (χ2v) is 6.13. The number of hydrogen-bond donors (Lipinski definition) is 1. The first-order chi connectivity index (χ1) is 7.51. The third-order valence-corrected chi connectivity index (χ3v) is 4.61. The van der Waals surface area contributed by atoms with Gasteiger partial charge in [0.2, 0.25) is 0 Å². The SMILES string of the molecule is CS(=O)c1ccc(C(C)(O)C2CCC2)cc1. The summed E-state index contributed by atoms with van der Waals surface area (Å²) in [5, 5.41) is 10.5. The molecule has 0 spiro atoms. The van der Waals surface area contributed by atoms with E-state index in [2.05, 4.69) is 0 Å². The van der Waals surface area contributed by atoms with Crippen molar-refractivity contribution >= 4 is 10.8 Å². The molecule has 1 fully saturated rings. The summed E-state index contributed by atoms with van der Waals surface area (Å²) in [6.45, 7) is 1.88. The van der Waals surface area contributed by atoms with Crippen LogP contribution in [0.25, 0.3) is 0 Å². The van der Waals surface area contributed by atoms with Crippen molar-refractivity contribution in [2.45, 2.75) is 36.7 Å². The lowest BCUT2D eigenvalue weighted by molar-refractivity contribution is -0.0399. The van der Waals surface area contributed by atoms with Gasteiger partial charge in [-0.3, -0.25) is 4.21 Å². The van der Waals surface area contributed by atoms with Gasteiger partial charge in [0.15, 0.2) is 0 Å². The Labute approximate surface area is 99.1 Å². The van der Waals surface area contributed by atoms with Crippen LogP contribution in [0.1, 0.15) is 31.7 Å². The predicted octanol–water partition coefficient (Wildman–Crippen LogP) is 2.43. The molecule has 16 heavy (non-hydrogen) atoms. The fourth-order valence-electron chi connectivity index (χ4n) is 2.19. The fourth-order valence-corrected chi connectivity index (χ4v) is 2.71. The van der Waals surface area contributed by atoms with Crippen LogP contribution in [0.2, 0.25) is 0 Å². The molecule has 2 unspecified atom stereocenters. The van der Waals surface area contributed by atoms with Crippen molar-refractivity contribution in [2.24, 2.45) is 5.92 Å². The van der Waals surface area contributed by atoms with Gasteiger partial charge in [-0.15, -0.1) is 0 Å². The molecule has 2 rings (SSSR count). The van der Waals surface area contributed by atoms with Gasteiger partial charge in [0.25, 0.3) is 0 Å². The highest BCUT2D eigenvalue weighted by molar-refractivity contribution is 7.84. The van der Waals surface area contributed by atoms with Crippen LogP contribution in [-0.4, -0.2) is 15.6 Å². The molecule has 2 atom stereocenters. The molecule has 1 aromatic carbocycles. The van der Waals surface area contributed by atoms with Crippen molar-refractivity contribution in [1.29, 1.82) is 0 Å². The van der Waals surface area contributed by atoms with E-state index in [0.717, 1.165) is 23.3 Å². The Morgan fingerprint density at radius 1 is 1.31 bits per heavy atom.